The molecule has 0 unspecified atom stereocenters. The van der Waals surface area contributed by atoms with Gasteiger partial charge in [-0.2, -0.15) is 0 Å². The Kier molecular flexibility index (Phi) is 5.36. The van der Waals surface area contributed by atoms with Crippen molar-refractivity contribution < 1.29 is 14.6 Å². The van der Waals surface area contributed by atoms with Crippen molar-refractivity contribution in [1.29, 1.82) is 0 Å². The molecule has 1 atom stereocenters. The number of morpholine rings is 1. The predicted octanol–water partition coefficient (Wildman–Crippen LogP) is 2.69. The smallest absolute Gasteiger partial charge is 0.303 e. The zero-order valence-electron chi connectivity index (χ0n) is 10.7. The van der Waals surface area contributed by atoms with Crippen molar-refractivity contribution >= 4 is 21.9 Å². The summed E-state index contributed by atoms with van der Waals surface area (Å²) in [6.45, 7) is 3.24. The average molecular weight is 328 g/mol. The lowest BCUT2D eigenvalue weighted by Gasteiger charge is -2.33. The molecule has 1 fully saturated rings. The first-order valence-electron chi connectivity index (χ1n) is 6.46. The third kappa shape index (κ3) is 4.60. The molecular weight excluding hydrogens is 310 g/mol. The second-order valence-electron chi connectivity index (χ2n) is 4.71. The number of carboxylic acid groups (broad SMARTS) is 1. The molecule has 19 heavy (non-hydrogen) atoms. The topological polar surface area (TPSA) is 49.8 Å². The highest BCUT2D eigenvalue weighted by molar-refractivity contribution is 9.10. The van der Waals surface area contributed by atoms with E-state index in [9.17, 15) is 4.79 Å². The van der Waals surface area contributed by atoms with Gasteiger partial charge in [0.1, 0.15) is 0 Å². The Labute approximate surface area is 121 Å². The van der Waals surface area contributed by atoms with Gasteiger partial charge in [-0.05, 0) is 30.7 Å². The minimum atomic E-state index is -0.724. The van der Waals surface area contributed by atoms with Crippen LogP contribution in [0.2, 0.25) is 0 Å². The quantitative estimate of drug-likeness (QED) is 0.903. The molecule has 0 radical (unpaired) electrons. The lowest BCUT2D eigenvalue weighted by molar-refractivity contribution is -0.137. The molecule has 1 aromatic rings. The first-order chi connectivity index (χ1) is 9.15. The Hall–Kier alpha value is -0.910. The highest BCUT2D eigenvalue weighted by Crippen LogP contribution is 2.23. The van der Waals surface area contributed by atoms with Crippen molar-refractivity contribution in [2.45, 2.75) is 18.9 Å². The summed E-state index contributed by atoms with van der Waals surface area (Å²) in [4.78, 5) is 12.8. The summed E-state index contributed by atoms with van der Waals surface area (Å²) in [6, 6.07) is 8.16. The molecule has 0 aliphatic carbocycles. The van der Waals surface area contributed by atoms with E-state index >= 15 is 0 Å². The Bertz CT molecular complexity index is 421. The molecule has 4 nitrogen and oxygen atoms in total. The number of carboxylic acids is 1. The van der Waals surface area contributed by atoms with E-state index in [1.807, 2.05) is 12.1 Å². The number of hydrogen-bond acceptors (Lipinski definition) is 3. The Morgan fingerprint density at radius 1 is 1.42 bits per heavy atom. The third-order valence-corrected chi connectivity index (χ3v) is 3.79. The van der Waals surface area contributed by atoms with Crippen molar-refractivity contribution in [2.24, 2.45) is 0 Å². The molecule has 0 spiro atoms. The van der Waals surface area contributed by atoms with Gasteiger partial charge in [0.2, 0.25) is 0 Å². The maximum Gasteiger partial charge on any atom is 0.303 e. The van der Waals surface area contributed by atoms with Gasteiger partial charge < -0.3 is 9.84 Å². The van der Waals surface area contributed by atoms with Crippen LogP contribution in [0, 0.1) is 0 Å². The minimum Gasteiger partial charge on any atom is -0.481 e. The van der Waals surface area contributed by atoms with Crippen LogP contribution in [0.3, 0.4) is 0 Å². The van der Waals surface area contributed by atoms with E-state index in [0.717, 1.165) is 24.1 Å². The van der Waals surface area contributed by atoms with Crippen LogP contribution in [0.5, 0.6) is 0 Å². The molecule has 1 aromatic carbocycles. The molecule has 1 aliphatic heterocycles. The van der Waals surface area contributed by atoms with Crippen molar-refractivity contribution in [3.8, 4) is 0 Å². The first-order valence-corrected chi connectivity index (χ1v) is 7.25. The van der Waals surface area contributed by atoms with Gasteiger partial charge in [0.15, 0.2) is 0 Å². The maximum absolute atomic E-state index is 10.5. The summed E-state index contributed by atoms with van der Waals surface area (Å²) >= 11 is 3.42. The standard InChI is InChI=1S/C14H18BrNO3/c15-12-5-3-11(4-6-12)13-10-16(8-9-19-13)7-1-2-14(17)18/h3-6,13H,1-2,7-10H2,(H,17,18)/t13-/m0/s1. The van der Waals surface area contributed by atoms with Gasteiger partial charge in [-0.15, -0.1) is 0 Å². The summed E-state index contributed by atoms with van der Waals surface area (Å²) in [5.74, 6) is -0.724. The van der Waals surface area contributed by atoms with E-state index in [0.29, 0.717) is 13.0 Å². The summed E-state index contributed by atoms with van der Waals surface area (Å²) in [7, 11) is 0. The van der Waals surface area contributed by atoms with Crippen LogP contribution in [0.25, 0.3) is 0 Å². The van der Waals surface area contributed by atoms with Gasteiger partial charge in [-0.1, -0.05) is 28.1 Å². The summed E-state index contributed by atoms with van der Waals surface area (Å²) in [5.41, 5.74) is 1.17. The Balaban J connectivity index is 1.86. The van der Waals surface area contributed by atoms with Crippen LogP contribution < -0.4 is 0 Å². The second kappa shape index (κ2) is 7.03. The normalized spacial score (nSPS) is 20.4. The van der Waals surface area contributed by atoms with E-state index in [1.54, 1.807) is 0 Å². The molecule has 0 bridgehead atoms. The average Bonchev–Trinajstić information content (AvgIpc) is 2.39. The zero-order chi connectivity index (χ0) is 13.7. The monoisotopic (exact) mass is 327 g/mol. The number of hydrogen-bond donors (Lipinski definition) is 1. The summed E-state index contributed by atoms with van der Waals surface area (Å²) in [6.07, 6.45) is 1.02. The fourth-order valence-electron chi connectivity index (χ4n) is 2.24. The molecule has 0 saturated carbocycles. The molecule has 0 aromatic heterocycles. The number of rotatable bonds is 5. The SMILES string of the molecule is O=C(O)CCCN1CCO[C@H](c2ccc(Br)cc2)C1. The molecule has 0 amide bonds. The van der Waals surface area contributed by atoms with Crippen LogP contribution in [-0.2, 0) is 9.53 Å². The van der Waals surface area contributed by atoms with Crippen molar-refractivity contribution in [3.63, 3.8) is 0 Å². The van der Waals surface area contributed by atoms with Gasteiger partial charge >= 0.3 is 5.97 Å². The highest BCUT2D eigenvalue weighted by Gasteiger charge is 2.21. The van der Waals surface area contributed by atoms with Crippen molar-refractivity contribution in [3.05, 3.63) is 34.3 Å². The summed E-state index contributed by atoms with van der Waals surface area (Å²) in [5, 5.41) is 8.65. The van der Waals surface area contributed by atoms with Gasteiger partial charge in [-0.3, -0.25) is 9.69 Å². The van der Waals surface area contributed by atoms with Crippen LogP contribution >= 0.6 is 15.9 Å². The minimum absolute atomic E-state index is 0.0895. The molecule has 5 heteroatoms. The van der Waals surface area contributed by atoms with Crippen LogP contribution in [0.4, 0.5) is 0 Å². The number of benzene rings is 1. The number of nitrogens with zero attached hydrogens (tertiary/aromatic N) is 1. The number of ether oxygens (including phenoxy) is 1. The molecule has 2 rings (SSSR count). The van der Waals surface area contributed by atoms with Gasteiger partial charge in [0.25, 0.3) is 0 Å². The van der Waals surface area contributed by atoms with E-state index in [2.05, 4.69) is 33.0 Å². The van der Waals surface area contributed by atoms with Crippen molar-refractivity contribution in [1.82, 2.24) is 4.90 Å². The highest BCUT2D eigenvalue weighted by atomic mass is 79.9. The molecule has 1 saturated heterocycles. The number of aliphatic carboxylic acids is 1. The summed E-state index contributed by atoms with van der Waals surface area (Å²) < 4.78 is 6.85. The van der Waals surface area contributed by atoms with Gasteiger partial charge in [0, 0.05) is 24.0 Å². The van der Waals surface area contributed by atoms with E-state index in [4.69, 9.17) is 9.84 Å². The molecule has 1 N–H and O–H groups in total. The maximum atomic E-state index is 10.5. The lowest BCUT2D eigenvalue weighted by atomic mass is 10.1. The largest absolute Gasteiger partial charge is 0.481 e. The predicted molar refractivity (Wildman–Crippen MR) is 76.1 cm³/mol. The van der Waals surface area contributed by atoms with Gasteiger partial charge in [-0.25, -0.2) is 0 Å². The molecule has 1 heterocycles. The molecule has 104 valence electrons. The number of halogens is 1. The van der Waals surface area contributed by atoms with Crippen LogP contribution in [-0.4, -0.2) is 42.2 Å². The van der Waals surface area contributed by atoms with E-state index < -0.39 is 5.97 Å². The zero-order valence-corrected chi connectivity index (χ0v) is 12.3. The Morgan fingerprint density at radius 3 is 2.84 bits per heavy atom. The number of carbonyl (C=O) groups is 1. The molecular formula is C14H18BrNO3. The fraction of sp³-hybridized carbons (Fsp3) is 0.500. The van der Waals surface area contributed by atoms with Crippen LogP contribution in [0.15, 0.2) is 28.7 Å². The van der Waals surface area contributed by atoms with Gasteiger partial charge in [0.05, 0.1) is 12.7 Å². The lowest BCUT2D eigenvalue weighted by Crippen LogP contribution is -2.38. The third-order valence-electron chi connectivity index (χ3n) is 3.26. The molecule has 1 aliphatic rings. The van der Waals surface area contributed by atoms with Crippen molar-refractivity contribution in [2.75, 3.05) is 26.2 Å². The van der Waals surface area contributed by atoms with E-state index in [-0.39, 0.29) is 12.5 Å². The second-order valence-corrected chi connectivity index (χ2v) is 5.62. The fourth-order valence-corrected chi connectivity index (χ4v) is 2.50. The van der Waals surface area contributed by atoms with E-state index in [1.165, 1.54) is 5.56 Å². The van der Waals surface area contributed by atoms with Crippen LogP contribution in [0.1, 0.15) is 24.5 Å². The first kappa shape index (κ1) is 14.5. The Morgan fingerprint density at radius 2 is 2.16 bits per heavy atom.